The summed E-state index contributed by atoms with van der Waals surface area (Å²) >= 11 is 0. The van der Waals surface area contributed by atoms with Gasteiger partial charge in [0.15, 0.2) is 6.17 Å². The summed E-state index contributed by atoms with van der Waals surface area (Å²) in [4.78, 5) is 35.3. The van der Waals surface area contributed by atoms with Crippen molar-refractivity contribution in [2.75, 3.05) is 36.4 Å². The molecular weight excluding hydrogens is 536 g/mol. The number of carbonyl (C=O) groups is 2. The molecule has 0 bridgehead atoms. The Morgan fingerprint density at radius 2 is 1.47 bits per heavy atom. The fraction of sp³-hybridized carbons (Fsp3) is 0.611. The monoisotopic (exact) mass is 584 g/mol. The zero-order chi connectivity index (χ0) is 29.2. The van der Waals surface area contributed by atoms with Gasteiger partial charge in [0.25, 0.3) is 5.91 Å². The molecular formula is C36H48N4O3. The van der Waals surface area contributed by atoms with Gasteiger partial charge in [-0.25, -0.2) is 0 Å². The second-order valence-corrected chi connectivity index (χ2v) is 13.8. The summed E-state index contributed by atoms with van der Waals surface area (Å²) in [6.45, 7) is 3.99. The van der Waals surface area contributed by atoms with Gasteiger partial charge in [-0.2, -0.15) is 0 Å². The van der Waals surface area contributed by atoms with Gasteiger partial charge in [0.05, 0.1) is 11.4 Å². The minimum atomic E-state index is -0.568. The Morgan fingerprint density at radius 3 is 2.19 bits per heavy atom. The molecule has 7 rings (SSSR count). The van der Waals surface area contributed by atoms with Crippen LogP contribution >= 0.6 is 0 Å². The number of nitrogens with zero attached hydrogens (tertiary/aromatic N) is 3. The molecule has 2 aliphatic carbocycles. The van der Waals surface area contributed by atoms with Gasteiger partial charge in [0, 0.05) is 32.2 Å². The topological polar surface area (TPSA) is 65.1 Å². The third-order valence-electron chi connectivity index (χ3n) is 11.3. The number of benzene rings is 2. The fourth-order valence-corrected chi connectivity index (χ4v) is 8.92. The molecule has 230 valence electrons. The van der Waals surface area contributed by atoms with Crippen molar-refractivity contribution in [1.29, 1.82) is 0 Å². The van der Waals surface area contributed by atoms with E-state index in [1.165, 1.54) is 38.5 Å². The van der Waals surface area contributed by atoms with E-state index in [9.17, 15) is 9.59 Å². The Hall–Kier alpha value is -2.90. The fourth-order valence-electron chi connectivity index (χ4n) is 8.92. The van der Waals surface area contributed by atoms with Crippen LogP contribution in [0.25, 0.3) is 0 Å². The van der Waals surface area contributed by atoms with Gasteiger partial charge in [-0.3, -0.25) is 19.4 Å². The second kappa shape index (κ2) is 12.6. The molecule has 0 aromatic heterocycles. The molecule has 43 heavy (non-hydrogen) atoms. The standard InChI is InChI=1S/C36H48N4O3/c41-34-33(38-24-28-14-11-15-29(28)25-38)37-31-16-7-8-17-32(31)40(34)30-18-22-39(23-19-30)36(20-9-2-1-3-10-21-36)35(42)43-26-27-12-5-4-6-13-27/h4-8,12-13,16-17,28-30,33,37H,1-3,9-11,14-15,18-26H2. The van der Waals surface area contributed by atoms with Crippen LogP contribution in [-0.4, -0.2) is 65.6 Å². The van der Waals surface area contributed by atoms with Crippen LogP contribution in [0.2, 0.25) is 0 Å². The Labute approximate surface area is 256 Å². The number of rotatable bonds is 6. The molecule has 7 heteroatoms. The number of esters is 1. The molecule has 3 aliphatic heterocycles. The first-order valence-corrected chi connectivity index (χ1v) is 17.0. The van der Waals surface area contributed by atoms with Crippen molar-refractivity contribution in [3.63, 3.8) is 0 Å². The highest BCUT2D eigenvalue weighted by atomic mass is 16.5. The number of hydrogen-bond donors (Lipinski definition) is 1. The first kappa shape index (κ1) is 28.8. The van der Waals surface area contributed by atoms with Crippen LogP contribution in [-0.2, 0) is 20.9 Å². The normalized spacial score (nSPS) is 28.4. The SMILES string of the molecule is O=C1C(N2CC3CCCC3C2)Nc2ccccc2N1C1CCN(C2(C(=O)OCc3ccccc3)CCCCCCC2)CC1. The van der Waals surface area contributed by atoms with Crippen molar-refractivity contribution < 1.29 is 14.3 Å². The summed E-state index contributed by atoms with van der Waals surface area (Å²) in [5.41, 5.74) is 2.53. The molecule has 3 heterocycles. The predicted molar refractivity (Wildman–Crippen MR) is 170 cm³/mol. The van der Waals surface area contributed by atoms with Crippen molar-refractivity contribution in [2.24, 2.45) is 11.8 Å². The summed E-state index contributed by atoms with van der Waals surface area (Å²) < 4.78 is 6.07. The second-order valence-electron chi connectivity index (χ2n) is 13.8. The third-order valence-corrected chi connectivity index (χ3v) is 11.3. The van der Waals surface area contributed by atoms with Crippen LogP contribution in [0.1, 0.15) is 82.6 Å². The number of ether oxygens (including phenoxy) is 1. The average molecular weight is 585 g/mol. The number of piperidine rings is 1. The largest absolute Gasteiger partial charge is 0.459 e. The zero-order valence-electron chi connectivity index (χ0n) is 25.6. The zero-order valence-corrected chi connectivity index (χ0v) is 25.6. The number of para-hydroxylation sites is 2. The molecule has 1 amide bonds. The molecule has 0 radical (unpaired) electrons. The molecule has 0 spiro atoms. The predicted octanol–water partition coefficient (Wildman–Crippen LogP) is 6.19. The van der Waals surface area contributed by atoms with E-state index in [-0.39, 0.29) is 24.1 Å². The van der Waals surface area contributed by atoms with Crippen LogP contribution in [0, 0.1) is 11.8 Å². The molecule has 1 N–H and O–H groups in total. The highest BCUT2D eigenvalue weighted by molar-refractivity contribution is 6.05. The van der Waals surface area contributed by atoms with Crippen LogP contribution in [0.5, 0.6) is 0 Å². The number of anilines is 2. The van der Waals surface area contributed by atoms with E-state index in [1.54, 1.807) is 0 Å². The molecule has 5 aliphatic rings. The summed E-state index contributed by atoms with van der Waals surface area (Å²) in [6, 6.07) is 18.5. The maximum absolute atomic E-state index is 14.3. The molecule has 2 aromatic carbocycles. The van der Waals surface area contributed by atoms with Crippen LogP contribution in [0.15, 0.2) is 54.6 Å². The number of likely N-dealkylation sites (tertiary alicyclic amines) is 2. The molecule has 2 saturated heterocycles. The molecule has 2 saturated carbocycles. The van der Waals surface area contributed by atoms with Gasteiger partial charge in [-0.05, 0) is 68.1 Å². The summed E-state index contributed by atoms with van der Waals surface area (Å²) in [5, 5.41) is 3.63. The minimum Gasteiger partial charge on any atom is -0.459 e. The number of hydrogen-bond acceptors (Lipinski definition) is 6. The van der Waals surface area contributed by atoms with E-state index in [1.807, 2.05) is 36.4 Å². The van der Waals surface area contributed by atoms with E-state index in [0.717, 1.165) is 93.5 Å². The van der Waals surface area contributed by atoms with Gasteiger partial charge in [-0.1, -0.05) is 81.0 Å². The van der Waals surface area contributed by atoms with Crippen molar-refractivity contribution in [2.45, 2.75) is 101 Å². The highest BCUT2D eigenvalue weighted by Crippen LogP contribution is 2.42. The van der Waals surface area contributed by atoms with Crippen LogP contribution < -0.4 is 10.2 Å². The van der Waals surface area contributed by atoms with Gasteiger partial charge in [-0.15, -0.1) is 0 Å². The van der Waals surface area contributed by atoms with E-state index < -0.39 is 5.54 Å². The molecule has 3 unspecified atom stereocenters. The molecule has 3 atom stereocenters. The first-order chi connectivity index (χ1) is 21.1. The quantitative estimate of drug-likeness (QED) is 0.409. The Kier molecular flexibility index (Phi) is 8.46. The Bertz CT molecular complexity index is 1260. The number of amides is 1. The lowest BCUT2D eigenvalue weighted by Crippen LogP contribution is -2.62. The van der Waals surface area contributed by atoms with E-state index in [0.29, 0.717) is 6.61 Å². The van der Waals surface area contributed by atoms with Gasteiger partial charge < -0.3 is 15.0 Å². The molecule has 7 nitrogen and oxygen atoms in total. The number of carbonyl (C=O) groups excluding carboxylic acids is 2. The van der Waals surface area contributed by atoms with Crippen LogP contribution in [0.4, 0.5) is 11.4 Å². The molecule has 4 fully saturated rings. The van der Waals surface area contributed by atoms with Crippen LogP contribution in [0.3, 0.4) is 0 Å². The lowest BCUT2D eigenvalue weighted by Gasteiger charge is -2.49. The Morgan fingerprint density at radius 1 is 0.814 bits per heavy atom. The lowest BCUT2D eigenvalue weighted by atomic mass is 9.80. The van der Waals surface area contributed by atoms with E-state index >= 15 is 0 Å². The van der Waals surface area contributed by atoms with E-state index in [2.05, 4.69) is 38.2 Å². The summed E-state index contributed by atoms with van der Waals surface area (Å²) in [7, 11) is 0. The van der Waals surface area contributed by atoms with E-state index in [4.69, 9.17) is 4.74 Å². The minimum absolute atomic E-state index is 0.0556. The van der Waals surface area contributed by atoms with Gasteiger partial charge in [0.2, 0.25) is 0 Å². The van der Waals surface area contributed by atoms with Crippen molar-refractivity contribution >= 4 is 23.3 Å². The first-order valence-electron chi connectivity index (χ1n) is 17.0. The Balaban J connectivity index is 1.08. The van der Waals surface area contributed by atoms with Gasteiger partial charge >= 0.3 is 5.97 Å². The number of fused-ring (bicyclic) bond motifs is 2. The van der Waals surface area contributed by atoms with Gasteiger partial charge in [0.1, 0.15) is 12.1 Å². The smallest absolute Gasteiger partial charge is 0.326 e. The third kappa shape index (κ3) is 5.71. The lowest BCUT2D eigenvalue weighted by molar-refractivity contribution is -0.163. The highest BCUT2D eigenvalue weighted by Gasteiger charge is 2.49. The average Bonchev–Trinajstić information content (AvgIpc) is 3.64. The van der Waals surface area contributed by atoms with Crippen molar-refractivity contribution in [1.82, 2.24) is 9.80 Å². The summed E-state index contributed by atoms with van der Waals surface area (Å²) in [6.07, 6.45) is 12.8. The van der Waals surface area contributed by atoms with Crippen molar-refractivity contribution in [3.8, 4) is 0 Å². The maximum atomic E-state index is 14.3. The maximum Gasteiger partial charge on any atom is 0.326 e. The summed E-state index contributed by atoms with van der Waals surface area (Å²) in [5.74, 6) is 1.62. The number of nitrogens with one attached hydrogen (secondary N) is 1. The van der Waals surface area contributed by atoms with Crippen molar-refractivity contribution in [3.05, 3.63) is 60.2 Å². The molecule has 2 aromatic rings.